The van der Waals surface area contributed by atoms with Crippen LogP contribution < -0.4 is 11.1 Å². The molecule has 0 saturated heterocycles. The van der Waals surface area contributed by atoms with Crippen molar-refractivity contribution in [1.82, 2.24) is 15.0 Å². The molecule has 0 fully saturated rings. The van der Waals surface area contributed by atoms with Gasteiger partial charge in [-0.2, -0.15) is 0 Å². The smallest absolute Gasteiger partial charge is 0.180 e. The van der Waals surface area contributed by atoms with E-state index in [9.17, 15) is 0 Å². The van der Waals surface area contributed by atoms with Gasteiger partial charge < -0.3 is 11.1 Å². The molecule has 0 aliphatic heterocycles. The van der Waals surface area contributed by atoms with Gasteiger partial charge in [-0.25, -0.2) is 15.0 Å². The van der Waals surface area contributed by atoms with Gasteiger partial charge in [-0.3, -0.25) is 0 Å². The molecule has 0 saturated carbocycles. The maximum absolute atomic E-state index is 5.62. The van der Waals surface area contributed by atoms with E-state index in [2.05, 4.69) is 26.3 Å². The van der Waals surface area contributed by atoms with Crippen molar-refractivity contribution >= 4 is 43.8 Å². The summed E-state index contributed by atoms with van der Waals surface area (Å²) in [5.74, 6) is 1.72. The van der Waals surface area contributed by atoms with Crippen molar-refractivity contribution < 1.29 is 0 Å². The van der Waals surface area contributed by atoms with Gasteiger partial charge in [-0.15, -0.1) is 22.7 Å². The summed E-state index contributed by atoms with van der Waals surface area (Å²) < 4.78 is 0. The van der Waals surface area contributed by atoms with Crippen LogP contribution in [0.5, 0.6) is 0 Å². The van der Waals surface area contributed by atoms with Crippen LogP contribution in [0.2, 0.25) is 0 Å². The van der Waals surface area contributed by atoms with Gasteiger partial charge >= 0.3 is 0 Å². The van der Waals surface area contributed by atoms with E-state index in [1.54, 1.807) is 11.3 Å². The minimum absolute atomic E-state index is 0.638. The summed E-state index contributed by atoms with van der Waals surface area (Å²) in [4.78, 5) is 14.2. The van der Waals surface area contributed by atoms with Crippen LogP contribution in [0.25, 0.3) is 10.2 Å². The Balaban J connectivity index is 1.61. The molecule has 104 valence electrons. The Bertz CT molecular complexity index is 718. The molecular weight excluding hydrogens is 290 g/mol. The lowest BCUT2D eigenvalue weighted by atomic mass is 10.2. The monoisotopic (exact) mass is 305 g/mol. The number of thiophene rings is 1. The van der Waals surface area contributed by atoms with Crippen LogP contribution in [0.1, 0.15) is 17.9 Å². The number of thiazole rings is 1. The van der Waals surface area contributed by atoms with Crippen molar-refractivity contribution in [2.45, 2.75) is 19.8 Å². The van der Waals surface area contributed by atoms with E-state index in [1.807, 2.05) is 17.7 Å². The molecule has 3 N–H and O–H groups in total. The third kappa shape index (κ3) is 2.88. The molecule has 3 aromatic heterocycles. The summed E-state index contributed by atoms with van der Waals surface area (Å²) in [6, 6.07) is 2.06. The van der Waals surface area contributed by atoms with Gasteiger partial charge in [0.05, 0.1) is 11.1 Å². The second kappa shape index (κ2) is 5.72. The summed E-state index contributed by atoms with van der Waals surface area (Å²) in [7, 11) is 0. The quantitative estimate of drug-likeness (QED) is 0.708. The Labute approximate surface area is 124 Å². The van der Waals surface area contributed by atoms with Crippen LogP contribution in [0.3, 0.4) is 0 Å². The zero-order chi connectivity index (χ0) is 13.9. The Morgan fingerprint density at radius 1 is 1.25 bits per heavy atom. The van der Waals surface area contributed by atoms with Crippen LogP contribution in [0.15, 0.2) is 16.8 Å². The first-order valence-electron chi connectivity index (χ1n) is 6.38. The van der Waals surface area contributed by atoms with Gasteiger partial charge in [-0.05, 0) is 31.2 Å². The topological polar surface area (TPSA) is 76.7 Å². The van der Waals surface area contributed by atoms with Gasteiger partial charge in [0.15, 0.2) is 5.13 Å². The first kappa shape index (κ1) is 13.3. The zero-order valence-corrected chi connectivity index (χ0v) is 12.7. The fourth-order valence-corrected chi connectivity index (χ4v) is 3.42. The molecule has 3 heterocycles. The van der Waals surface area contributed by atoms with Crippen LogP contribution in [0, 0.1) is 6.92 Å². The molecule has 0 aromatic carbocycles. The highest BCUT2D eigenvalue weighted by Crippen LogP contribution is 2.24. The number of hydrogen-bond donors (Lipinski definition) is 2. The highest BCUT2D eigenvalue weighted by Gasteiger charge is 2.06. The third-order valence-corrected chi connectivity index (χ3v) is 4.44. The number of aromatic nitrogens is 3. The van der Waals surface area contributed by atoms with E-state index in [0.29, 0.717) is 5.13 Å². The average Bonchev–Trinajstić information content (AvgIpc) is 3.03. The van der Waals surface area contributed by atoms with E-state index >= 15 is 0 Å². The van der Waals surface area contributed by atoms with Crippen molar-refractivity contribution in [2.75, 3.05) is 17.6 Å². The number of nitrogens with one attached hydrogen (secondary N) is 1. The van der Waals surface area contributed by atoms with Crippen molar-refractivity contribution in [3.05, 3.63) is 28.3 Å². The van der Waals surface area contributed by atoms with Gasteiger partial charge in [0.2, 0.25) is 0 Å². The van der Waals surface area contributed by atoms with Crippen molar-refractivity contribution in [3.63, 3.8) is 0 Å². The zero-order valence-electron chi connectivity index (χ0n) is 11.1. The third-order valence-electron chi connectivity index (χ3n) is 2.91. The number of nitrogens with two attached hydrogens (primary N) is 1. The first-order chi connectivity index (χ1) is 9.72. The number of rotatable bonds is 5. The summed E-state index contributed by atoms with van der Waals surface area (Å²) in [6.07, 6.45) is 1.93. The van der Waals surface area contributed by atoms with E-state index < -0.39 is 0 Å². The maximum atomic E-state index is 5.62. The van der Waals surface area contributed by atoms with Gasteiger partial charge in [0.1, 0.15) is 16.5 Å². The Morgan fingerprint density at radius 2 is 2.15 bits per heavy atom. The van der Waals surface area contributed by atoms with Crippen molar-refractivity contribution in [3.8, 4) is 0 Å². The molecule has 0 unspecified atom stereocenters. The molecular formula is C13H15N5S2. The summed E-state index contributed by atoms with van der Waals surface area (Å²) in [6.45, 7) is 2.78. The normalized spacial score (nSPS) is 11.1. The second-order valence-electron chi connectivity index (χ2n) is 4.47. The number of aryl methyl sites for hydroxylation is 2. The Morgan fingerprint density at radius 3 is 2.95 bits per heavy atom. The SMILES string of the molecule is Cc1nc(NCCCc2csc(N)n2)c2ccsc2n1. The molecule has 0 amide bonds. The molecule has 3 aromatic rings. The molecule has 3 rings (SSSR count). The lowest BCUT2D eigenvalue weighted by Gasteiger charge is -2.07. The van der Waals surface area contributed by atoms with Gasteiger partial charge in [0.25, 0.3) is 0 Å². The molecule has 7 heteroatoms. The molecule has 0 radical (unpaired) electrons. The molecule has 0 atom stereocenters. The highest BCUT2D eigenvalue weighted by atomic mass is 32.1. The van der Waals surface area contributed by atoms with Gasteiger partial charge in [-0.1, -0.05) is 0 Å². The van der Waals surface area contributed by atoms with Crippen LogP contribution >= 0.6 is 22.7 Å². The van der Waals surface area contributed by atoms with E-state index in [4.69, 9.17) is 5.73 Å². The fraction of sp³-hybridized carbons (Fsp3) is 0.308. The molecule has 0 aliphatic rings. The molecule has 0 bridgehead atoms. The lowest BCUT2D eigenvalue weighted by molar-refractivity contribution is 0.840. The van der Waals surface area contributed by atoms with E-state index in [-0.39, 0.29) is 0 Å². The van der Waals surface area contributed by atoms with Gasteiger partial charge in [0, 0.05) is 11.9 Å². The second-order valence-corrected chi connectivity index (χ2v) is 6.25. The highest BCUT2D eigenvalue weighted by molar-refractivity contribution is 7.16. The maximum Gasteiger partial charge on any atom is 0.180 e. The number of hydrogen-bond acceptors (Lipinski definition) is 7. The molecule has 20 heavy (non-hydrogen) atoms. The summed E-state index contributed by atoms with van der Waals surface area (Å²) in [5.41, 5.74) is 6.68. The Hall–Kier alpha value is -1.73. The minimum Gasteiger partial charge on any atom is -0.375 e. The largest absolute Gasteiger partial charge is 0.375 e. The minimum atomic E-state index is 0.638. The Kier molecular flexibility index (Phi) is 3.79. The number of fused-ring (bicyclic) bond motifs is 1. The summed E-state index contributed by atoms with van der Waals surface area (Å²) >= 11 is 3.13. The molecule has 5 nitrogen and oxygen atoms in total. The van der Waals surface area contributed by atoms with E-state index in [0.717, 1.165) is 46.9 Å². The predicted molar refractivity (Wildman–Crippen MR) is 85.5 cm³/mol. The standard InChI is InChI=1S/C13H15N5S2/c1-8-16-11(10-4-6-19-12(10)17-8)15-5-2-3-9-7-20-13(14)18-9/h4,6-7H,2-3,5H2,1H3,(H2,14,18)(H,15,16,17). The van der Waals surface area contributed by atoms with Crippen molar-refractivity contribution in [1.29, 1.82) is 0 Å². The molecule has 0 aliphatic carbocycles. The lowest BCUT2D eigenvalue weighted by Crippen LogP contribution is -2.06. The summed E-state index contributed by atoms with van der Waals surface area (Å²) in [5, 5.41) is 9.18. The number of nitrogens with zero attached hydrogens (tertiary/aromatic N) is 3. The van der Waals surface area contributed by atoms with E-state index in [1.165, 1.54) is 11.3 Å². The van der Waals surface area contributed by atoms with Crippen LogP contribution in [-0.4, -0.2) is 21.5 Å². The predicted octanol–water partition coefficient (Wildman–Crippen LogP) is 3.08. The fourth-order valence-electron chi connectivity index (χ4n) is 2.01. The average molecular weight is 305 g/mol. The first-order valence-corrected chi connectivity index (χ1v) is 8.14. The number of nitrogen functional groups attached to an aromatic ring is 1. The molecule has 0 spiro atoms. The van der Waals surface area contributed by atoms with Crippen LogP contribution in [0.4, 0.5) is 10.9 Å². The number of anilines is 2. The van der Waals surface area contributed by atoms with Crippen LogP contribution in [-0.2, 0) is 6.42 Å². The van der Waals surface area contributed by atoms with Crippen molar-refractivity contribution in [2.24, 2.45) is 0 Å².